The monoisotopic (exact) mass is 283 g/mol. The van der Waals surface area contributed by atoms with Crippen LogP contribution in [0.15, 0.2) is 48.9 Å². The van der Waals surface area contributed by atoms with Crippen LogP contribution in [0.3, 0.4) is 0 Å². The maximum Gasteiger partial charge on any atom is 0.274 e. The van der Waals surface area contributed by atoms with Crippen molar-refractivity contribution >= 4 is 5.91 Å². The summed E-state index contributed by atoms with van der Waals surface area (Å²) in [4.78, 5) is 22.3. The van der Waals surface area contributed by atoms with Gasteiger partial charge >= 0.3 is 0 Å². The number of nitrogens with zero attached hydrogens (tertiary/aromatic N) is 3. The van der Waals surface area contributed by atoms with E-state index in [1.165, 1.54) is 12.4 Å². The third kappa shape index (κ3) is 3.08. The minimum Gasteiger partial charge on any atom is -0.367 e. The van der Waals surface area contributed by atoms with Crippen molar-refractivity contribution in [1.82, 2.24) is 14.9 Å². The van der Waals surface area contributed by atoms with Gasteiger partial charge in [0.15, 0.2) is 0 Å². The zero-order valence-electron chi connectivity index (χ0n) is 11.8. The van der Waals surface area contributed by atoms with Crippen LogP contribution in [0, 0.1) is 0 Å². The highest BCUT2D eigenvalue weighted by molar-refractivity contribution is 5.92. The van der Waals surface area contributed by atoms with Gasteiger partial charge in [-0.25, -0.2) is 4.98 Å². The van der Waals surface area contributed by atoms with Crippen molar-refractivity contribution in [2.24, 2.45) is 0 Å². The van der Waals surface area contributed by atoms with Gasteiger partial charge in [-0.05, 0) is 12.5 Å². The molecule has 5 heteroatoms. The van der Waals surface area contributed by atoms with E-state index in [2.05, 4.69) is 9.97 Å². The lowest BCUT2D eigenvalue weighted by Gasteiger charge is -2.36. The molecule has 0 saturated carbocycles. The molecule has 1 fully saturated rings. The van der Waals surface area contributed by atoms with Crippen LogP contribution in [-0.2, 0) is 4.74 Å². The van der Waals surface area contributed by atoms with Gasteiger partial charge in [0.2, 0.25) is 0 Å². The van der Waals surface area contributed by atoms with Crippen LogP contribution in [-0.4, -0.2) is 40.0 Å². The summed E-state index contributed by atoms with van der Waals surface area (Å²) in [5.74, 6) is -0.0980. The van der Waals surface area contributed by atoms with Gasteiger partial charge in [-0.2, -0.15) is 0 Å². The highest BCUT2D eigenvalue weighted by atomic mass is 16.5. The predicted molar refractivity (Wildman–Crippen MR) is 77.7 cm³/mol. The number of rotatable bonds is 2. The first-order valence-corrected chi connectivity index (χ1v) is 7.00. The average molecular weight is 283 g/mol. The molecule has 2 atom stereocenters. The minimum absolute atomic E-state index is 0.00965. The molecule has 1 amide bonds. The molecular weight excluding hydrogens is 266 g/mol. The largest absolute Gasteiger partial charge is 0.367 e. The van der Waals surface area contributed by atoms with E-state index >= 15 is 0 Å². The van der Waals surface area contributed by atoms with Gasteiger partial charge in [0, 0.05) is 18.9 Å². The molecule has 5 nitrogen and oxygen atoms in total. The Morgan fingerprint density at radius 3 is 2.76 bits per heavy atom. The fourth-order valence-corrected chi connectivity index (χ4v) is 2.54. The normalized spacial score (nSPS) is 22.0. The van der Waals surface area contributed by atoms with Gasteiger partial charge in [0.1, 0.15) is 11.8 Å². The Bertz CT molecular complexity index is 603. The lowest BCUT2D eigenvalue weighted by Crippen LogP contribution is -2.46. The molecule has 0 N–H and O–H groups in total. The Morgan fingerprint density at radius 2 is 2.05 bits per heavy atom. The smallest absolute Gasteiger partial charge is 0.274 e. The van der Waals surface area contributed by atoms with Crippen LogP contribution in [0.1, 0.15) is 29.1 Å². The van der Waals surface area contributed by atoms with E-state index in [9.17, 15) is 4.79 Å². The third-order valence-corrected chi connectivity index (χ3v) is 3.50. The molecule has 21 heavy (non-hydrogen) atoms. The highest BCUT2D eigenvalue weighted by Crippen LogP contribution is 2.25. The molecule has 1 aliphatic heterocycles. The van der Waals surface area contributed by atoms with Crippen LogP contribution in [0.5, 0.6) is 0 Å². The van der Waals surface area contributed by atoms with Crippen molar-refractivity contribution in [3.05, 3.63) is 60.2 Å². The molecule has 0 spiro atoms. The first-order valence-electron chi connectivity index (χ1n) is 7.00. The summed E-state index contributed by atoms with van der Waals surface area (Å²) in [5, 5.41) is 0. The lowest BCUT2D eigenvalue weighted by molar-refractivity contribution is -0.0693. The van der Waals surface area contributed by atoms with E-state index in [-0.39, 0.29) is 18.1 Å². The average Bonchev–Trinajstić information content (AvgIpc) is 2.55. The van der Waals surface area contributed by atoms with E-state index in [1.54, 1.807) is 11.1 Å². The van der Waals surface area contributed by atoms with Gasteiger partial charge in [-0.1, -0.05) is 30.3 Å². The fourth-order valence-electron chi connectivity index (χ4n) is 2.54. The quantitative estimate of drug-likeness (QED) is 0.846. The molecular formula is C16H17N3O2. The number of ether oxygens (including phenoxy) is 1. The van der Waals surface area contributed by atoms with Crippen molar-refractivity contribution < 1.29 is 9.53 Å². The van der Waals surface area contributed by atoms with Crippen LogP contribution < -0.4 is 0 Å². The molecule has 1 aliphatic rings. The minimum atomic E-state index is -0.101. The summed E-state index contributed by atoms with van der Waals surface area (Å²) in [6.45, 7) is 3.08. The van der Waals surface area contributed by atoms with Crippen LogP contribution in [0.4, 0.5) is 0 Å². The van der Waals surface area contributed by atoms with E-state index in [0.717, 1.165) is 5.56 Å². The molecule has 0 aliphatic carbocycles. The van der Waals surface area contributed by atoms with E-state index in [0.29, 0.717) is 18.8 Å². The summed E-state index contributed by atoms with van der Waals surface area (Å²) < 4.78 is 5.96. The summed E-state index contributed by atoms with van der Waals surface area (Å²) in [7, 11) is 0. The maximum atomic E-state index is 12.5. The summed E-state index contributed by atoms with van der Waals surface area (Å²) in [6.07, 6.45) is 4.48. The SMILES string of the molecule is C[C@H]1CN(C(=O)c2cnccn2)C[C@H](c2ccccc2)O1. The standard InChI is InChI=1S/C16H17N3O2/c1-12-10-19(16(20)14-9-17-7-8-18-14)11-15(21-12)13-5-3-2-4-6-13/h2-9,12,15H,10-11H2,1H3/t12-,15+/m0/s1. The molecule has 2 heterocycles. The van der Waals surface area contributed by atoms with Gasteiger partial charge in [-0.3, -0.25) is 9.78 Å². The highest BCUT2D eigenvalue weighted by Gasteiger charge is 2.30. The van der Waals surface area contributed by atoms with Crippen LogP contribution >= 0.6 is 0 Å². The van der Waals surface area contributed by atoms with Crippen molar-refractivity contribution in [3.8, 4) is 0 Å². The van der Waals surface area contributed by atoms with Gasteiger partial charge < -0.3 is 9.64 Å². The van der Waals surface area contributed by atoms with Crippen LogP contribution in [0.25, 0.3) is 0 Å². The Labute approximate surface area is 123 Å². The number of aromatic nitrogens is 2. The summed E-state index contributed by atoms with van der Waals surface area (Å²) in [5.41, 5.74) is 1.46. The number of hydrogen-bond donors (Lipinski definition) is 0. The molecule has 0 radical (unpaired) electrons. The van der Waals surface area contributed by atoms with E-state index in [1.807, 2.05) is 37.3 Å². The first-order chi connectivity index (χ1) is 10.2. The maximum absolute atomic E-state index is 12.5. The second-order valence-electron chi connectivity index (χ2n) is 5.15. The lowest BCUT2D eigenvalue weighted by atomic mass is 10.1. The fraction of sp³-hybridized carbons (Fsp3) is 0.312. The molecule has 108 valence electrons. The summed E-state index contributed by atoms with van der Waals surface area (Å²) >= 11 is 0. The molecule has 1 aromatic heterocycles. The van der Waals surface area contributed by atoms with Crippen molar-refractivity contribution in [2.75, 3.05) is 13.1 Å². The zero-order chi connectivity index (χ0) is 14.7. The third-order valence-electron chi connectivity index (χ3n) is 3.50. The van der Waals surface area contributed by atoms with Gasteiger partial charge in [0.25, 0.3) is 5.91 Å². The Kier molecular flexibility index (Phi) is 3.92. The molecule has 3 rings (SSSR count). The topological polar surface area (TPSA) is 55.3 Å². The number of amides is 1. The number of benzene rings is 1. The molecule has 1 aromatic carbocycles. The number of hydrogen-bond acceptors (Lipinski definition) is 4. The van der Waals surface area contributed by atoms with Gasteiger partial charge in [-0.15, -0.1) is 0 Å². The van der Waals surface area contributed by atoms with Crippen molar-refractivity contribution in [3.63, 3.8) is 0 Å². The number of carbonyl (C=O) groups excluding carboxylic acids is 1. The van der Waals surface area contributed by atoms with E-state index < -0.39 is 0 Å². The number of morpholine rings is 1. The Hall–Kier alpha value is -2.27. The zero-order valence-corrected chi connectivity index (χ0v) is 11.8. The number of carbonyl (C=O) groups is 1. The second kappa shape index (κ2) is 6.01. The van der Waals surface area contributed by atoms with E-state index in [4.69, 9.17) is 4.74 Å². The molecule has 1 saturated heterocycles. The molecule has 0 unspecified atom stereocenters. The van der Waals surface area contributed by atoms with Gasteiger partial charge in [0.05, 0.1) is 18.8 Å². The van der Waals surface area contributed by atoms with Crippen LogP contribution in [0.2, 0.25) is 0 Å². The first kappa shape index (κ1) is 13.7. The van der Waals surface area contributed by atoms with Crippen molar-refractivity contribution in [2.45, 2.75) is 19.1 Å². The second-order valence-corrected chi connectivity index (χ2v) is 5.15. The molecule has 2 aromatic rings. The Morgan fingerprint density at radius 1 is 1.24 bits per heavy atom. The molecule has 0 bridgehead atoms. The predicted octanol–water partition coefficient (Wildman–Crippen LogP) is 2.08. The summed E-state index contributed by atoms with van der Waals surface area (Å²) in [6, 6.07) is 9.97. The Balaban J connectivity index is 1.79. The van der Waals surface area contributed by atoms with Crippen molar-refractivity contribution in [1.29, 1.82) is 0 Å².